The van der Waals surface area contributed by atoms with Gasteiger partial charge in [-0.25, -0.2) is 4.79 Å². The number of hydrogen-bond acceptors (Lipinski definition) is 5. The van der Waals surface area contributed by atoms with Crippen molar-refractivity contribution in [2.75, 3.05) is 6.61 Å². The summed E-state index contributed by atoms with van der Waals surface area (Å²) in [5.41, 5.74) is 5.20. The van der Waals surface area contributed by atoms with E-state index in [1.54, 1.807) is 6.92 Å². The molecule has 1 aromatic heterocycles. The molecule has 0 amide bonds. The Kier molecular flexibility index (Phi) is 6.44. The molecular formula is C26H33N3O3. The van der Waals surface area contributed by atoms with Crippen LogP contribution in [0.5, 0.6) is 5.75 Å². The molecule has 0 unspecified atom stereocenters. The maximum Gasteiger partial charge on any atom is 0.333 e. The maximum absolute atomic E-state index is 11.8. The van der Waals surface area contributed by atoms with E-state index in [2.05, 4.69) is 56.6 Å². The zero-order valence-corrected chi connectivity index (χ0v) is 19.9. The predicted octanol–water partition coefficient (Wildman–Crippen LogP) is 5.71. The van der Waals surface area contributed by atoms with Crippen LogP contribution in [0.1, 0.15) is 59.1 Å². The highest BCUT2D eigenvalue weighted by Crippen LogP contribution is 2.42. The number of fused-ring (bicyclic) bond motifs is 1. The molecule has 0 atom stereocenters. The van der Waals surface area contributed by atoms with E-state index in [1.807, 2.05) is 30.3 Å². The number of carbonyl (C=O) groups is 1. The summed E-state index contributed by atoms with van der Waals surface area (Å²) in [4.78, 5) is 11.8. The van der Waals surface area contributed by atoms with E-state index >= 15 is 0 Å². The van der Waals surface area contributed by atoms with Gasteiger partial charge in [0.2, 0.25) is 0 Å². The van der Waals surface area contributed by atoms with Gasteiger partial charge in [-0.3, -0.25) is 5.10 Å². The van der Waals surface area contributed by atoms with Gasteiger partial charge in [-0.15, -0.1) is 5.10 Å². The van der Waals surface area contributed by atoms with Gasteiger partial charge in [-0.05, 0) is 47.4 Å². The number of H-pyrrole nitrogens is 1. The van der Waals surface area contributed by atoms with Crippen LogP contribution in [0.25, 0.3) is 22.2 Å². The van der Waals surface area contributed by atoms with Gasteiger partial charge in [0.15, 0.2) is 0 Å². The number of carbonyl (C=O) groups excluding carboxylic acids is 1. The van der Waals surface area contributed by atoms with E-state index in [-0.39, 0.29) is 23.2 Å². The smallest absolute Gasteiger partial charge is 0.333 e. The standard InChI is InChI=1S/C26H33N3O3/c1-16(2)24(31)32-12-11-17-13-18(26(6,7)15-25(3,4)5)14-20(23(17)30)19-9-8-10-21-22(19)28-29-27-21/h8-10,13-14,30H,1,11-12,15H2,2-7H3,(H,27,28,29). The lowest BCUT2D eigenvalue weighted by Gasteiger charge is -2.34. The number of aromatic nitrogens is 3. The summed E-state index contributed by atoms with van der Waals surface area (Å²) in [6.45, 7) is 16.5. The molecule has 3 rings (SSSR count). The van der Waals surface area contributed by atoms with Crippen LogP contribution in [-0.4, -0.2) is 33.1 Å². The minimum Gasteiger partial charge on any atom is -0.507 e. The molecule has 0 spiro atoms. The van der Waals surface area contributed by atoms with Gasteiger partial charge in [0.05, 0.1) is 12.1 Å². The van der Waals surface area contributed by atoms with Crippen LogP contribution >= 0.6 is 0 Å². The van der Waals surface area contributed by atoms with Crippen molar-refractivity contribution in [3.05, 3.63) is 53.6 Å². The van der Waals surface area contributed by atoms with Gasteiger partial charge < -0.3 is 9.84 Å². The van der Waals surface area contributed by atoms with Gasteiger partial charge in [-0.2, -0.15) is 0 Å². The lowest BCUT2D eigenvalue weighted by atomic mass is 9.71. The van der Waals surface area contributed by atoms with Crippen molar-refractivity contribution < 1.29 is 14.6 Å². The molecule has 2 aromatic carbocycles. The topological polar surface area (TPSA) is 88.1 Å². The molecule has 6 nitrogen and oxygen atoms in total. The third-order valence-corrected chi connectivity index (χ3v) is 5.54. The summed E-state index contributed by atoms with van der Waals surface area (Å²) >= 11 is 0. The van der Waals surface area contributed by atoms with E-state index in [0.717, 1.165) is 28.6 Å². The number of aromatic amines is 1. The van der Waals surface area contributed by atoms with Gasteiger partial charge in [0.1, 0.15) is 11.3 Å². The summed E-state index contributed by atoms with van der Waals surface area (Å²) in [5, 5.41) is 22.3. The third kappa shape index (κ3) is 5.18. The molecule has 0 aliphatic rings. The molecule has 0 radical (unpaired) electrons. The third-order valence-electron chi connectivity index (χ3n) is 5.54. The quantitative estimate of drug-likeness (QED) is 0.367. The van der Waals surface area contributed by atoms with Crippen molar-refractivity contribution in [2.45, 2.75) is 59.8 Å². The average molecular weight is 436 g/mol. The zero-order valence-electron chi connectivity index (χ0n) is 19.9. The van der Waals surface area contributed by atoms with E-state index in [0.29, 0.717) is 23.1 Å². The predicted molar refractivity (Wildman–Crippen MR) is 128 cm³/mol. The van der Waals surface area contributed by atoms with Crippen LogP contribution in [0.15, 0.2) is 42.5 Å². The molecule has 32 heavy (non-hydrogen) atoms. The number of benzene rings is 2. The number of rotatable bonds is 7. The van der Waals surface area contributed by atoms with E-state index in [4.69, 9.17) is 4.74 Å². The molecule has 170 valence electrons. The van der Waals surface area contributed by atoms with Crippen molar-refractivity contribution in [1.29, 1.82) is 0 Å². The second-order valence-corrected chi connectivity index (χ2v) is 10.3. The molecule has 0 aliphatic carbocycles. The maximum atomic E-state index is 11.8. The normalized spacial score (nSPS) is 12.2. The molecule has 0 bridgehead atoms. The Morgan fingerprint density at radius 3 is 2.53 bits per heavy atom. The fourth-order valence-electron chi connectivity index (χ4n) is 4.37. The molecule has 6 heteroatoms. The summed E-state index contributed by atoms with van der Waals surface area (Å²) in [7, 11) is 0. The Bertz CT molecular complexity index is 1150. The van der Waals surface area contributed by atoms with Crippen LogP contribution in [0.3, 0.4) is 0 Å². The number of hydrogen-bond donors (Lipinski definition) is 2. The number of ether oxygens (including phenoxy) is 1. The number of esters is 1. The van der Waals surface area contributed by atoms with Crippen molar-refractivity contribution in [1.82, 2.24) is 15.4 Å². The molecule has 0 saturated carbocycles. The second kappa shape index (κ2) is 8.77. The minimum absolute atomic E-state index is 0.130. The summed E-state index contributed by atoms with van der Waals surface area (Å²) in [5.74, 6) is -0.261. The Morgan fingerprint density at radius 2 is 1.88 bits per heavy atom. The minimum atomic E-state index is -0.429. The highest BCUT2D eigenvalue weighted by Gasteiger charge is 2.29. The second-order valence-electron chi connectivity index (χ2n) is 10.3. The fraction of sp³-hybridized carbons (Fsp3) is 0.423. The fourth-order valence-corrected chi connectivity index (χ4v) is 4.37. The summed E-state index contributed by atoms with van der Waals surface area (Å²) < 4.78 is 5.29. The Hall–Kier alpha value is -3.15. The molecule has 0 fully saturated rings. The monoisotopic (exact) mass is 435 g/mol. The van der Waals surface area contributed by atoms with Crippen LogP contribution in [0.2, 0.25) is 0 Å². The number of nitrogens with one attached hydrogen (secondary N) is 1. The first-order chi connectivity index (χ1) is 14.9. The van der Waals surface area contributed by atoms with E-state index in [1.165, 1.54) is 0 Å². The van der Waals surface area contributed by atoms with Crippen LogP contribution in [0.4, 0.5) is 0 Å². The van der Waals surface area contributed by atoms with Gasteiger partial charge in [0.25, 0.3) is 0 Å². The first-order valence-corrected chi connectivity index (χ1v) is 10.9. The zero-order chi connectivity index (χ0) is 23.7. The van der Waals surface area contributed by atoms with Crippen molar-refractivity contribution in [3.8, 4) is 16.9 Å². The average Bonchev–Trinajstić information content (AvgIpc) is 3.16. The Labute approximate surface area is 189 Å². The Morgan fingerprint density at radius 1 is 1.16 bits per heavy atom. The summed E-state index contributed by atoms with van der Waals surface area (Å²) in [6, 6.07) is 9.83. The molecule has 0 saturated heterocycles. The Balaban J connectivity index is 2.10. The first kappa shape index (κ1) is 23.5. The lowest BCUT2D eigenvalue weighted by Crippen LogP contribution is -2.25. The lowest BCUT2D eigenvalue weighted by molar-refractivity contribution is -0.138. The first-order valence-electron chi connectivity index (χ1n) is 10.9. The number of aromatic hydroxyl groups is 1. The van der Waals surface area contributed by atoms with Crippen molar-refractivity contribution in [2.24, 2.45) is 5.41 Å². The molecule has 3 aromatic rings. The molecular weight excluding hydrogens is 402 g/mol. The molecule has 0 aliphatic heterocycles. The van der Waals surface area contributed by atoms with E-state index < -0.39 is 5.97 Å². The number of nitrogens with zero attached hydrogens (tertiary/aromatic N) is 2. The number of phenols is 1. The highest BCUT2D eigenvalue weighted by atomic mass is 16.5. The largest absolute Gasteiger partial charge is 0.507 e. The van der Waals surface area contributed by atoms with Gasteiger partial charge >= 0.3 is 5.97 Å². The van der Waals surface area contributed by atoms with Crippen LogP contribution < -0.4 is 0 Å². The number of phenolic OH excluding ortho intramolecular Hbond substituents is 1. The van der Waals surface area contributed by atoms with Crippen LogP contribution in [0, 0.1) is 5.41 Å². The van der Waals surface area contributed by atoms with E-state index in [9.17, 15) is 9.90 Å². The van der Waals surface area contributed by atoms with Crippen molar-refractivity contribution >= 4 is 17.0 Å². The highest BCUT2D eigenvalue weighted by molar-refractivity contribution is 5.93. The summed E-state index contributed by atoms with van der Waals surface area (Å²) in [6.07, 6.45) is 1.36. The van der Waals surface area contributed by atoms with Gasteiger partial charge in [-0.1, -0.05) is 64.6 Å². The SMILES string of the molecule is C=C(C)C(=O)OCCc1cc(C(C)(C)CC(C)(C)C)cc(-c2cccc3[nH]nnc23)c1O. The van der Waals surface area contributed by atoms with Crippen LogP contribution in [-0.2, 0) is 21.4 Å². The van der Waals surface area contributed by atoms with Gasteiger partial charge in [0, 0.05) is 23.1 Å². The molecule has 2 N–H and O–H groups in total. The molecule has 1 heterocycles. The van der Waals surface area contributed by atoms with Crippen molar-refractivity contribution in [3.63, 3.8) is 0 Å².